The van der Waals surface area contributed by atoms with Gasteiger partial charge in [0.25, 0.3) is 0 Å². The maximum Gasteiger partial charge on any atom is 0.243 e. The van der Waals surface area contributed by atoms with Gasteiger partial charge in [0.05, 0.1) is 18.1 Å². The molecule has 6 heteroatoms. The number of rotatable bonds is 8. The Kier molecular flexibility index (Phi) is 6.92. The fourth-order valence-electron chi connectivity index (χ4n) is 2.82. The molecule has 1 aliphatic heterocycles. The Morgan fingerprint density at radius 3 is 2.42 bits per heavy atom. The maximum atomic E-state index is 12.9. The summed E-state index contributed by atoms with van der Waals surface area (Å²) in [5.74, 6) is 1.52. The van der Waals surface area contributed by atoms with E-state index in [0.29, 0.717) is 43.7 Å². The highest BCUT2D eigenvalue weighted by Crippen LogP contribution is 2.32. The van der Waals surface area contributed by atoms with E-state index in [0.717, 1.165) is 25.7 Å². The molecule has 0 amide bonds. The van der Waals surface area contributed by atoms with E-state index in [9.17, 15) is 8.42 Å². The van der Waals surface area contributed by atoms with Crippen molar-refractivity contribution >= 4 is 10.0 Å². The average Bonchev–Trinajstić information content (AvgIpc) is 2.58. The molecular formula is C18H29NO4S. The SMILES string of the molecule is CCCOc1ccc(S(=O)(=O)N2CCC[C@@H](C)C2)cc1OCCC. The summed E-state index contributed by atoms with van der Waals surface area (Å²) >= 11 is 0. The van der Waals surface area contributed by atoms with Gasteiger partial charge in [-0.05, 0) is 43.7 Å². The van der Waals surface area contributed by atoms with Gasteiger partial charge in [-0.2, -0.15) is 4.31 Å². The summed E-state index contributed by atoms with van der Waals surface area (Å²) < 4.78 is 38.8. The Morgan fingerprint density at radius 2 is 1.79 bits per heavy atom. The van der Waals surface area contributed by atoms with Crippen LogP contribution in [0, 0.1) is 5.92 Å². The zero-order valence-corrected chi connectivity index (χ0v) is 15.8. The van der Waals surface area contributed by atoms with Crippen molar-refractivity contribution in [1.29, 1.82) is 0 Å². The van der Waals surface area contributed by atoms with E-state index in [1.165, 1.54) is 0 Å². The predicted molar refractivity (Wildman–Crippen MR) is 95.2 cm³/mol. The second-order valence-electron chi connectivity index (χ2n) is 6.42. The Morgan fingerprint density at radius 1 is 1.12 bits per heavy atom. The average molecular weight is 356 g/mol. The fraction of sp³-hybridized carbons (Fsp3) is 0.667. The van der Waals surface area contributed by atoms with Crippen molar-refractivity contribution in [3.63, 3.8) is 0 Å². The summed E-state index contributed by atoms with van der Waals surface area (Å²) in [6, 6.07) is 4.94. The van der Waals surface area contributed by atoms with Crippen LogP contribution in [0.15, 0.2) is 23.1 Å². The lowest BCUT2D eigenvalue weighted by Gasteiger charge is -2.30. The smallest absolute Gasteiger partial charge is 0.243 e. The molecule has 1 heterocycles. The van der Waals surface area contributed by atoms with Crippen LogP contribution in [-0.4, -0.2) is 39.0 Å². The first-order valence-corrected chi connectivity index (χ1v) is 10.3. The molecule has 0 aliphatic carbocycles. The van der Waals surface area contributed by atoms with E-state index in [1.54, 1.807) is 22.5 Å². The molecule has 1 aromatic carbocycles. The second kappa shape index (κ2) is 8.72. The van der Waals surface area contributed by atoms with Gasteiger partial charge in [0.2, 0.25) is 10.0 Å². The first-order chi connectivity index (χ1) is 11.5. The van der Waals surface area contributed by atoms with Crippen LogP contribution in [0.4, 0.5) is 0 Å². The molecule has 0 unspecified atom stereocenters. The summed E-state index contributed by atoms with van der Waals surface area (Å²) in [6.45, 7) is 8.43. The van der Waals surface area contributed by atoms with Crippen molar-refractivity contribution < 1.29 is 17.9 Å². The number of nitrogens with zero attached hydrogens (tertiary/aromatic N) is 1. The predicted octanol–water partition coefficient (Wildman–Crippen LogP) is 3.68. The standard InChI is InChI=1S/C18H29NO4S/c1-4-11-22-17-9-8-16(13-18(17)23-12-5-2)24(20,21)19-10-6-7-15(3)14-19/h8-9,13,15H,4-7,10-12,14H2,1-3H3/t15-/m1/s1. The normalized spacial score (nSPS) is 19.2. The molecule has 0 radical (unpaired) electrons. The molecule has 1 aliphatic rings. The van der Waals surface area contributed by atoms with Crippen LogP contribution in [0.1, 0.15) is 46.5 Å². The third-order valence-electron chi connectivity index (χ3n) is 4.10. The van der Waals surface area contributed by atoms with E-state index in [4.69, 9.17) is 9.47 Å². The number of hydrogen-bond acceptors (Lipinski definition) is 4. The van der Waals surface area contributed by atoms with Gasteiger partial charge in [0, 0.05) is 19.2 Å². The van der Waals surface area contributed by atoms with Crippen LogP contribution >= 0.6 is 0 Å². The lowest BCUT2D eigenvalue weighted by Crippen LogP contribution is -2.39. The molecule has 1 atom stereocenters. The molecule has 136 valence electrons. The minimum absolute atomic E-state index is 0.284. The van der Waals surface area contributed by atoms with Crippen molar-refractivity contribution in [1.82, 2.24) is 4.31 Å². The first-order valence-electron chi connectivity index (χ1n) is 8.88. The topological polar surface area (TPSA) is 55.8 Å². The molecule has 0 saturated carbocycles. The van der Waals surface area contributed by atoms with Crippen LogP contribution in [0.2, 0.25) is 0 Å². The van der Waals surface area contributed by atoms with E-state index >= 15 is 0 Å². The molecular weight excluding hydrogens is 326 g/mol. The Balaban J connectivity index is 2.28. The second-order valence-corrected chi connectivity index (χ2v) is 8.35. The quantitative estimate of drug-likeness (QED) is 0.714. The third kappa shape index (κ3) is 4.63. The van der Waals surface area contributed by atoms with Crippen LogP contribution in [-0.2, 0) is 10.0 Å². The van der Waals surface area contributed by atoms with Crippen molar-refractivity contribution in [3.05, 3.63) is 18.2 Å². The molecule has 1 saturated heterocycles. The van der Waals surface area contributed by atoms with Crippen molar-refractivity contribution in [3.8, 4) is 11.5 Å². The van der Waals surface area contributed by atoms with E-state index in [-0.39, 0.29) is 4.90 Å². The largest absolute Gasteiger partial charge is 0.490 e. The minimum Gasteiger partial charge on any atom is -0.490 e. The number of piperidine rings is 1. The van der Waals surface area contributed by atoms with Gasteiger partial charge in [0.1, 0.15) is 0 Å². The van der Waals surface area contributed by atoms with Crippen molar-refractivity contribution in [2.75, 3.05) is 26.3 Å². The van der Waals surface area contributed by atoms with Crippen LogP contribution in [0.5, 0.6) is 11.5 Å². The van der Waals surface area contributed by atoms with Gasteiger partial charge in [-0.3, -0.25) is 0 Å². The number of hydrogen-bond donors (Lipinski definition) is 0. The summed E-state index contributed by atoms with van der Waals surface area (Å²) in [6.07, 6.45) is 3.74. The zero-order chi connectivity index (χ0) is 17.6. The molecule has 0 N–H and O–H groups in total. The first kappa shape index (κ1) is 19.1. The highest BCUT2D eigenvalue weighted by Gasteiger charge is 2.29. The molecule has 1 fully saturated rings. The highest BCUT2D eigenvalue weighted by molar-refractivity contribution is 7.89. The summed E-state index contributed by atoms with van der Waals surface area (Å²) in [4.78, 5) is 0.284. The lowest BCUT2D eigenvalue weighted by molar-refractivity contribution is 0.266. The number of sulfonamides is 1. The maximum absolute atomic E-state index is 12.9. The number of ether oxygens (including phenoxy) is 2. The van der Waals surface area contributed by atoms with Gasteiger partial charge < -0.3 is 9.47 Å². The Bertz CT molecular complexity index is 630. The molecule has 24 heavy (non-hydrogen) atoms. The molecule has 0 aromatic heterocycles. The Labute approximate surface area is 146 Å². The van der Waals surface area contributed by atoms with Crippen LogP contribution < -0.4 is 9.47 Å². The number of benzene rings is 1. The van der Waals surface area contributed by atoms with Gasteiger partial charge >= 0.3 is 0 Å². The lowest BCUT2D eigenvalue weighted by atomic mass is 10.0. The summed E-state index contributed by atoms with van der Waals surface area (Å²) in [5.41, 5.74) is 0. The van der Waals surface area contributed by atoms with E-state index < -0.39 is 10.0 Å². The van der Waals surface area contributed by atoms with Crippen LogP contribution in [0.25, 0.3) is 0 Å². The van der Waals surface area contributed by atoms with Gasteiger partial charge in [-0.1, -0.05) is 20.8 Å². The van der Waals surface area contributed by atoms with Gasteiger partial charge in [-0.15, -0.1) is 0 Å². The molecule has 0 spiro atoms. The highest BCUT2D eigenvalue weighted by atomic mass is 32.2. The van der Waals surface area contributed by atoms with Crippen LogP contribution in [0.3, 0.4) is 0 Å². The van der Waals surface area contributed by atoms with E-state index in [2.05, 4.69) is 6.92 Å². The molecule has 5 nitrogen and oxygen atoms in total. The molecule has 0 bridgehead atoms. The zero-order valence-electron chi connectivity index (χ0n) is 15.0. The van der Waals surface area contributed by atoms with E-state index in [1.807, 2.05) is 13.8 Å². The minimum atomic E-state index is -3.48. The van der Waals surface area contributed by atoms with Crippen molar-refractivity contribution in [2.45, 2.75) is 51.3 Å². The molecule has 2 rings (SSSR count). The monoisotopic (exact) mass is 355 g/mol. The van der Waals surface area contributed by atoms with Gasteiger partial charge in [-0.25, -0.2) is 8.42 Å². The molecule has 1 aromatic rings. The summed E-state index contributed by atoms with van der Waals surface area (Å²) in [7, 11) is -3.48. The third-order valence-corrected chi connectivity index (χ3v) is 5.96. The van der Waals surface area contributed by atoms with Gasteiger partial charge in [0.15, 0.2) is 11.5 Å². The Hall–Kier alpha value is -1.27. The van der Waals surface area contributed by atoms with Crippen molar-refractivity contribution in [2.24, 2.45) is 5.92 Å². The summed E-state index contributed by atoms with van der Waals surface area (Å²) in [5, 5.41) is 0. The fourth-order valence-corrected chi connectivity index (χ4v) is 4.43.